The molecule has 1 aliphatic carbocycles. The van der Waals surface area contributed by atoms with E-state index in [0.717, 1.165) is 29.7 Å². The van der Waals surface area contributed by atoms with E-state index in [9.17, 15) is 0 Å². The lowest BCUT2D eigenvalue weighted by Crippen LogP contribution is -2.24. The molecule has 4 heteroatoms. The molecule has 25 heavy (non-hydrogen) atoms. The summed E-state index contributed by atoms with van der Waals surface area (Å²) in [5.74, 6) is 0.463. The first-order valence-electron chi connectivity index (χ1n) is 9.10. The van der Waals surface area contributed by atoms with Gasteiger partial charge >= 0.3 is 0 Å². The van der Waals surface area contributed by atoms with Gasteiger partial charge in [-0.2, -0.15) is 0 Å². The van der Waals surface area contributed by atoms with Gasteiger partial charge in [-0.25, -0.2) is 4.99 Å². The van der Waals surface area contributed by atoms with Gasteiger partial charge < -0.3 is 15.8 Å². The van der Waals surface area contributed by atoms with E-state index in [4.69, 9.17) is 10.5 Å². The Labute approximate surface area is 150 Å². The van der Waals surface area contributed by atoms with Crippen molar-refractivity contribution in [1.29, 1.82) is 0 Å². The number of anilines is 1. The van der Waals surface area contributed by atoms with Crippen molar-refractivity contribution in [2.75, 3.05) is 11.9 Å². The summed E-state index contributed by atoms with van der Waals surface area (Å²) in [6.45, 7) is 3.88. The second kappa shape index (κ2) is 8.67. The van der Waals surface area contributed by atoms with Crippen molar-refractivity contribution in [2.24, 2.45) is 10.7 Å². The van der Waals surface area contributed by atoms with Crippen LogP contribution in [-0.4, -0.2) is 12.6 Å². The molecule has 0 saturated carbocycles. The van der Waals surface area contributed by atoms with Crippen LogP contribution in [0.25, 0.3) is 0 Å². The molecule has 3 rings (SSSR count). The standard InChI is InChI=1S/C21H27N3O/c1-2-25-15-18-10-4-3-9-17(18)14-23-21(22)24-20-13-7-11-16-8-5-6-12-19(16)20/h3-4,7,9-11,13H,2,5-6,8,12,14-15H2,1H3,(H3,22,23,24). The van der Waals surface area contributed by atoms with Crippen molar-refractivity contribution in [3.05, 3.63) is 64.7 Å². The quantitative estimate of drug-likeness (QED) is 0.618. The molecular weight excluding hydrogens is 310 g/mol. The van der Waals surface area contributed by atoms with Gasteiger partial charge in [0.15, 0.2) is 5.96 Å². The fourth-order valence-corrected chi connectivity index (χ4v) is 3.31. The van der Waals surface area contributed by atoms with Gasteiger partial charge in [0.1, 0.15) is 0 Å². The number of rotatable bonds is 6. The Morgan fingerprint density at radius 1 is 1.08 bits per heavy atom. The van der Waals surface area contributed by atoms with Gasteiger partial charge in [0.2, 0.25) is 0 Å². The van der Waals surface area contributed by atoms with Gasteiger partial charge in [-0.3, -0.25) is 0 Å². The number of fused-ring (bicyclic) bond motifs is 1. The lowest BCUT2D eigenvalue weighted by molar-refractivity contribution is 0.133. The molecule has 132 valence electrons. The minimum absolute atomic E-state index is 0.463. The van der Waals surface area contributed by atoms with Crippen molar-refractivity contribution in [3.63, 3.8) is 0 Å². The number of benzene rings is 2. The maximum Gasteiger partial charge on any atom is 0.193 e. The number of hydrogen-bond donors (Lipinski definition) is 2. The van der Waals surface area contributed by atoms with Crippen LogP contribution in [0.4, 0.5) is 5.69 Å². The van der Waals surface area contributed by atoms with Crippen molar-refractivity contribution in [1.82, 2.24) is 0 Å². The maximum absolute atomic E-state index is 6.14. The fraction of sp³-hybridized carbons (Fsp3) is 0.381. The zero-order valence-electron chi connectivity index (χ0n) is 14.9. The van der Waals surface area contributed by atoms with Crippen LogP contribution >= 0.6 is 0 Å². The fourth-order valence-electron chi connectivity index (χ4n) is 3.31. The van der Waals surface area contributed by atoms with Crippen LogP contribution in [0.2, 0.25) is 0 Å². The molecule has 3 N–H and O–H groups in total. The molecule has 0 heterocycles. The Balaban J connectivity index is 1.69. The van der Waals surface area contributed by atoms with Crippen LogP contribution in [0, 0.1) is 0 Å². The number of hydrogen-bond acceptors (Lipinski definition) is 2. The molecule has 0 unspecified atom stereocenters. The lowest BCUT2D eigenvalue weighted by atomic mass is 9.90. The number of aliphatic imine (C=N–C) groups is 1. The second-order valence-corrected chi connectivity index (χ2v) is 6.38. The Morgan fingerprint density at radius 3 is 2.72 bits per heavy atom. The minimum atomic E-state index is 0.463. The van der Waals surface area contributed by atoms with E-state index in [0.29, 0.717) is 25.7 Å². The van der Waals surface area contributed by atoms with E-state index in [2.05, 4.69) is 40.6 Å². The Morgan fingerprint density at radius 2 is 1.88 bits per heavy atom. The molecule has 4 nitrogen and oxygen atoms in total. The zero-order chi connectivity index (χ0) is 17.5. The Bertz CT molecular complexity index is 740. The Kier molecular flexibility index (Phi) is 6.07. The third kappa shape index (κ3) is 4.60. The van der Waals surface area contributed by atoms with Gasteiger partial charge in [-0.15, -0.1) is 0 Å². The van der Waals surface area contributed by atoms with E-state index in [1.54, 1.807) is 0 Å². The van der Waals surface area contributed by atoms with Crippen LogP contribution in [-0.2, 0) is 30.7 Å². The molecule has 0 saturated heterocycles. The first kappa shape index (κ1) is 17.5. The first-order valence-corrected chi connectivity index (χ1v) is 9.10. The molecule has 0 fully saturated rings. The predicted molar refractivity (Wildman–Crippen MR) is 104 cm³/mol. The smallest absolute Gasteiger partial charge is 0.193 e. The SMILES string of the molecule is CCOCc1ccccc1CN=C(N)Nc1cccc2c1CCCC2. The predicted octanol–water partition coefficient (Wildman–Crippen LogP) is 4.03. The number of nitrogens with one attached hydrogen (secondary N) is 1. The third-order valence-electron chi connectivity index (χ3n) is 4.66. The topological polar surface area (TPSA) is 59.6 Å². The van der Waals surface area contributed by atoms with E-state index < -0.39 is 0 Å². The highest BCUT2D eigenvalue weighted by molar-refractivity contribution is 5.93. The Hall–Kier alpha value is -2.33. The van der Waals surface area contributed by atoms with Gasteiger partial charge in [-0.05, 0) is 60.9 Å². The molecule has 0 amide bonds. The van der Waals surface area contributed by atoms with E-state index in [1.807, 2.05) is 19.1 Å². The third-order valence-corrected chi connectivity index (χ3v) is 4.66. The summed E-state index contributed by atoms with van der Waals surface area (Å²) in [6.07, 6.45) is 4.79. The van der Waals surface area contributed by atoms with Gasteiger partial charge in [0.05, 0.1) is 13.2 Å². The maximum atomic E-state index is 6.14. The summed E-state index contributed by atoms with van der Waals surface area (Å²) in [5.41, 5.74) is 12.4. The van der Waals surface area contributed by atoms with E-state index in [-0.39, 0.29) is 0 Å². The van der Waals surface area contributed by atoms with Gasteiger partial charge in [0, 0.05) is 12.3 Å². The number of nitrogens with two attached hydrogens (primary N) is 1. The van der Waals surface area contributed by atoms with Crippen molar-refractivity contribution in [2.45, 2.75) is 45.8 Å². The molecule has 0 radical (unpaired) electrons. The highest BCUT2D eigenvalue weighted by atomic mass is 16.5. The molecule has 1 aliphatic rings. The van der Waals surface area contributed by atoms with Crippen LogP contribution in [0.5, 0.6) is 0 Å². The lowest BCUT2D eigenvalue weighted by Gasteiger charge is -2.19. The highest BCUT2D eigenvalue weighted by Gasteiger charge is 2.13. The first-order chi connectivity index (χ1) is 12.3. The summed E-state index contributed by atoms with van der Waals surface area (Å²) < 4.78 is 5.53. The van der Waals surface area contributed by atoms with E-state index >= 15 is 0 Å². The number of nitrogens with zero attached hydrogens (tertiary/aromatic N) is 1. The normalized spacial score (nSPS) is 14.2. The number of guanidine groups is 1. The monoisotopic (exact) mass is 337 g/mol. The minimum Gasteiger partial charge on any atom is -0.377 e. The number of aryl methyl sites for hydroxylation is 1. The average Bonchev–Trinajstić information content (AvgIpc) is 2.65. The summed E-state index contributed by atoms with van der Waals surface area (Å²) in [7, 11) is 0. The van der Waals surface area contributed by atoms with Gasteiger partial charge in [0.25, 0.3) is 0 Å². The summed E-state index contributed by atoms with van der Waals surface area (Å²) in [4.78, 5) is 4.54. The van der Waals surface area contributed by atoms with Crippen LogP contribution in [0.15, 0.2) is 47.5 Å². The molecule has 2 aromatic carbocycles. The largest absolute Gasteiger partial charge is 0.377 e. The van der Waals surface area contributed by atoms with Crippen molar-refractivity contribution >= 4 is 11.6 Å². The van der Waals surface area contributed by atoms with Crippen molar-refractivity contribution in [3.8, 4) is 0 Å². The molecule has 2 aromatic rings. The molecule has 0 atom stereocenters. The van der Waals surface area contributed by atoms with Crippen LogP contribution in [0.1, 0.15) is 42.0 Å². The van der Waals surface area contributed by atoms with E-state index in [1.165, 1.54) is 24.0 Å². The summed E-state index contributed by atoms with van der Waals surface area (Å²) in [5, 5.41) is 3.30. The van der Waals surface area contributed by atoms with Crippen LogP contribution < -0.4 is 11.1 Å². The highest BCUT2D eigenvalue weighted by Crippen LogP contribution is 2.27. The molecule has 0 aliphatic heterocycles. The molecule has 0 spiro atoms. The number of ether oxygens (including phenoxy) is 1. The summed E-state index contributed by atoms with van der Waals surface area (Å²) in [6, 6.07) is 14.6. The second-order valence-electron chi connectivity index (χ2n) is 6.38. The average molecular weight is 337 g/mol. The van der Waals surface area contributed by atoms with Crippen molar-refractivity contribution < 1.29 is 4.74 Å². The molecule has 0 bridgehead atoms. The van der Waals surface area contributed by atoms with Crippen LogP contribution in [0.3, 0.4) is 0 Å². The molecular formula is C21H27N3O. The molecule has 0 aromatic heterocycles. The zero-order valence-corrected chi connectivity index (χ0v) is 14.9. The van der Waals surface area contributed by atoms with Gasteiger partial charge in [-0.1, -0.05) is 36.4 Å². The summed E-state index contributed by atoms with van der Waals surface area (Å²) >= 11 is 0.